The van der Waals surface area contributed by atoms with Crippen LogP contribution < -0.4 is 15.4 Å². The molecule has 0 aliphatic heterocycles. The molecule has 0 saturated heterocycles. The number of nitrogens with one attached hydrogen (secondary N) is 2. The van der Waals surface area contributed by atoms with Gasteiger partial charge in [0.15, 0.2) is 5.75 Å². The number of hydrogen-bond donors (Lipinski definition) is 2. The Kier molecular flexibility index (Phi) is 5.77. The van der Waals surface area contributed by atoms with Crippen LogP contribution in [0.2, 0.25) is 0 Å². The first-order chi connectivity index (χ1) is 14.6. The molecule has 1 heterocycles. The molecule has 1 atom stereocenters. The number of carbonyl (C=O) groups excluding carboxylic acids is 2. The number of thiophene rings is 1. The van der Waals surface area contributed by atoms with Crippen molar-refractivity contribution in [3.8, 4) is 11.5 Å². The lowest BCUT2D eigenvalue weighted by Crippen LogP contribution is -2.41. The van der Waals surface area contributed by atoms with Gasteiger partial charge in [0, 0.05) is 10.3 Å². The molecule has 0 aliphatic rings. The van der Waals surface area contributed by atoms with Crippen molar-refractivity contribution < 1.29 is 14.3 Å². The molecule has 0 bridgehead atoms. The third-order valence-corrected chi connectivity index (χ3v) is 5.47. The second kappa shape index (κ2) is 8.80. The number of ether oxygens (including phenoxy) is 1. The molecule has 150 valence electrons. The van der Waals surface area contributed by atoms with Gasteiger partial charge in [-0.3, -0.25) is 9.59 Å². The molecular weight excluding hydrogens is 396 g/mol. The Labute approximate surface area is 178 Å². The zero-order valence-electron chi connectivity index (χ0n) is 16.3. The van der Waals surface area contributed by atoms with Crippen LogP contribution in [-0.4, -0.2) is 17.9 Å². The third-order valence-electron chi connectivity index (χ3n) is 4.57. The Hall–Kier alpha value is -3.64. The Morgan fingerprint density at radius 3 is 2.53 bits per heavy atom. The number of amides is 2. The van der Waals surface area contributed by atoms with Crippen LogP contribution in [0.3, 0.4) is 0 Å². The molecule has 2 amide bonds. The zero-order valence-corrected chi connectivity index (χ0v) is 17.1. The molecule has 30 heavy (non-hydrogen) atoms. The van der Waals surface area contributed by atoms with Crippen LogP contribution in [0.5, 0.6) is 11.5 Å². The lowest BCUT2D eigenvalue weighted by atomic mass is 10.1. The van der Waals surface area contributed by atoms with Crippen molar-refractivity contribution in [3.63, 3.8) is 0 Å². The van der Waals surface area contributed by atoms with Gasteiger partial charge in [-0.1, -0.05) is 30.3 Å². The minimum Gasteiger partial charge on any atom is -0.455 e. The summed E-state index contributed by atoms with van der Waals surface area (Å²) in [6.45, 7) is 1.65. The fourth-order valence-electron chi connectivity index (χ4n) is 2.97. The average Bonchev–Trinajstić information content (AvgIpc) is 3.23. The Morgan fingerprint density at radius 2 is 1.70 bits per heavy atom. The number of para-hydroxylation sites is 3. The summed E-state index contributed by atoms with van der Waals surface area (Å²) in [7, 11) is 0. The van der Waals surface area contributed by atoms with E-state index in [1.165, 1.54) is 0 Å². The van der Waals surface area contributed by atoms with Crippen molar-refractivity contribution in [1.82, 2.24) is 5.32 Å². The predicted molar refractivity (Wildman–Crippen MR) is 120 cm³/mol. The second-order valence-electron chi connectivity index (χ2n) is 6.77. The summed E-state index contributed by atoms with van der Waals surface area (Å²) < 4.78 is 6.99. The summed E-state index contributed by atoms with van der Waals surface area (Å²) in [6.07, 6.45) is 0. The maximum Gasteiger partial charge on any atom is 0.251 e. The minimum atomic E-state index is -0.722. The average molecular weight is 417 g/mol. The Morgan fingerprint density at radius 1 is 0.933 bits per heavy atom. The van der Waals surface area contributed by atoms with Gasteiger partial charge in [0.1, 0.15) is 11.8 Å². The molecule has 1 aromatic heterocycles. The first kappa shape index (κ1) is 19.7. The van der Waals surface area contributed by atoms with Crippen LogP contribution in [-0.2, 0) is 4.79 Å². The van der Waals surface area contributed by atoms with E-state index in [9.17, 15) is 9.59 Å². The van der Waals surface area contributed by atoms with E-state index < -0.39 is 6.04 Å². The number of rotatable bonds is 6. The van der Waals surface area contributed by atoms with E-state index in [0.29, 0.717) is 22.7 Å². The molecular formula is C24H20N2O3S. The number of carbonyl (C=O) groups is 2. The van der Waals surface area contributed by atoms with Crippen LogP contribution in [0.25, 0.3) is 10.1 Å². The monoisotopic (exact) mass is 416 g/mol. The highest BCUT2D eigenvalue weighted by Gasteiger charge is 2.18. The largest absolute Gasteiger partial charge is 0.455 e. The molecule has 0 unspecified atom stereocenters. The SMILES string of the molecule is C[C@@H](NC(=O)c1ccc2sccc2c1)C(=O)Nc1ccccc1Oc1ccccc1. The van der Waals surface area contributed by atoms with Gasteiger partial charge in [-0.05, 0) is 66.2 Å². The fraction of sp³-hybridized carbons (Fsp3) is 0.0833. The number of anilines is 1. The third kappa shape index (κ3) is 4.50. The topological polar surface area (TPSA) is 67.4 Å². The summed E-state index contributed by atoms with van der Waals surface area (Å²) in [4.78, 5) is 25.2. The first-order valence-corrected chi connectivity index (χ1v) is 10.4. The van der Waals surface area contributed by atoms with E-state index in [1.807, 2.05) is 66.0 Å². The molecule has 5 nitrogen and oxygen atoms in total. The highest BCUT2D eigenvalue weighted by Crippen LogP contribution is 2.29. The van der Waals surface area contributed by atoms with Gasteiger partial charge in [-0.25, -0.2) is 0 Å². The maximum atomic E-state index is 12.7. The summed E-state index contributed by atoms with van der Waals surface area (Å²) in [5, 5.41) is 8.58. The van der Waals surface area contributed by atoms with Gasteiger partial charge in [0.05, 0.1) is 5.69 Å². The van der Waals surface area contributed by atoms with Crippen molar-refractivity contribution in [2.24, 2.45) is 0 Å². The summed E-state index contributed by atoms with van der Waals surface area (Å²) in [5.41, 5.74) is 1.06. The second-order valence-corrected chi connectivity index (χ2v) is 7.72. The van der Waals surface area contributed by atoms with Gasteiger partial charge in [0.25, 0.3) is 5.91 Å². The fourth-order valence-corrected chi connectivity index (χ4v) is 3.74. The number of hydrogen-bond acceptors (Lipinski definition) is 4. The molecule has 0 radical (unpaired) electrons. The normalized spacial score (nSPS) is 11.6. The molecule has 0 fully saturated rings. The quantitative estimate of drug-likeness (QED) is 0.439. The molecule has 3 aromatic carbocycles. The van der Waals surface area contributed by atoms with Crippen molar-refractivity contribution in [1.29, 1.82) is 0 Å². The van der Waals surface area contributed by atoms with E-state index >= 15 is 0 Å². The molecule has 6 heteroatoms. The van der Waals surface area contributed by atoms with Crippen LogP contribution in [0.4, 0.5) is 5.69 Å². The van der Waals surface area contributed by atoms with E-state index in [-0.39, 0.29) is 11.8 Å². The lowest BCUT2D eigenvalue weighted by molar-refractivity contribution is -0.117. The van der Waals surface area contributed by atoms with Crippen LogP contribution in [0.15, 0.2) is 84.2 Å². The molecule has 0 aliphatic carbocycles. The predicted octanol–water partition coefficient (Wildman–Crippen LogP) is 5.45. The van der Waals surface area contributed by atoms with Gasteiger partial charge in [0.2, 0.25) is 5.91 Å². The molecule has 0 spiro atoms. The minimum absolute atomic E-state index is 0.292. The van der Waals surface area contributed by atoms with Crippen molar-refractivity contribution in [3.05, 3.63) is 89.8 Å². The van der Waals surface area contributed by atoms with E-state index in [2.05, 4.69) is 10.6 Å². The highest BCUT2D eigenvalue weighted by molar-refractivity contribution is 7.17. The van der Waals surface area contributed by atoms with Gasteiger partial charge < -0.3 is 15.4 Å². The van der Waals surface area contributed by atoms with Crippen LogP contribution in [0, 0.1) is 0 Å². The molecule has 2 N–H and O–H groups in total. The summed E-state index contributed by atoms with van der Waals surface area (Å²) in [6, 6.07) is 23.3. The number of fused-ring (bicyclic) bond motifs is 1. The van der Waals surface area contributed by atoms with Crippen LogP contribution >= 0.6 is 11.3 Å². The molecule has 4 aromatic rings. The zero-order chi connectivity index (χ0) is 20.9. The molecule has 0 saturated carbocycles. The highest BCUT2D eigenvalue weighted by atomic mass is 32.1. The maximum absolute atomic E-state index is 12.7. The Balaban J connectivity index is 1.42. The Bertz CT molecular complexity index is 1190. The molecule has 4 rings (SSSR count). The van der Waals surface area contributed by atoms with Crippen molar-refractivity contribution >= 4 is 38.9 Å². The summed E-state index contributed by atoms with van der Waals surface area (Å²) in [5.74, 6) is 0.575. The standard InChI is InChI=1S/C24H20N2O3S/c1-16(25-24(28)18-11-12-22-17(15-18)13-14-30-22)23(27)26-20-9-5-6-10-21(20)29-19-7-3-2-4-8-19/h2-16H,1H3,(H,25,28)(H,26,27)/t16-/m1/s1. The van der Waals surface area contributed by atoms with Crippen molar-refractivity contribution in [2.75, 3.05) is 5.32 Å². The lowest BCUT2D eigenvalue weighted by Gasteiger charge is -2.16. The number of benzene rings is 3. The van der Waals surface area contributed by atoms with E-state index in [1.54, 1.807) is 36.5 Å². The van der Waals surface area contributed by atoms with Crippen molar-refractivity contribution in [2.45, 2.75) is 13.0 Å². The van der Waals surface area contributed by atoms with Gasteiger partial charge >= 0.3 is 0 Å². The first-order valence-electron chi connectivity index (χ1n) is 9.51. The van der Waals surface area contributed by atoms with Crippen LogP contribution in [0.1, 0.15) is 17.3 Å². The van der Waals surface area contributed by atoms with E-state index in [4.69, 9.17) is 4.74 Å². The van der Waals surface area contributed by atoms with Gasteiger partial charge in [-0.2, -0.15) is 0 Å². The van der Waals surface area contributed by atoms with Gasteiger partial charge in [-0.15, -0.1) is 11.3 Å². The van der Waals surface area contributed by atoms with E-state index in [0.717, 1.165) is 10.1 Å². The summed E-state index contributed by atoms with van der Waals surface area (Å²) >= 11 is 1.62. The smallest absolute Gasteiger partial charge is 0.251 e.